The van der Waals surface area contributed by atoms with Gasteiger partial charge in [0.25, 0.3) is 10.0 Å². The van der Waals surface area contributed by atoms with Gasteiger partial charge in [-0.05, 0) is 79.4 Å². The fraction of sp³-hybridized carbons (Fsp3) is 0.278. The molecule has 0 spiro atoms. The summed E-state index contributed by atoms with van der Waals surface area (Å²) in [4.78, 5) is 29.9. The fourth-order valence-electron chi connectivity index (χ4n) is 5.14. The molecule has 0 bridgehead atoms. The van der Waals surface area contributed by atoms with Crippen molar-refractivity contribution >= 4 is 39.1 Å². The van der Waals surface area contributed by atoms with E-state index in [9.17, 15) is 18.0 Å². The number of aryl methyl sites for hydroxylation is 2. The molecule has 2 amide bonds. The molecule has 0 saturated carbocycles. The van der Waals surface area contributed by atoms with Crippen LogP contribution >= 0.6 is 11.6 Å². The van der Waals surface area contributed by atoms with Gasteiger partial charge in [0.2, 0.25) is 11.8 Å². The van der Waals surface area contributed by atoms with Crippen molar-refractivity contribution in [3.8, 4) is 5.75 Å². The molecule has 0 aliphatic carbocycles. The summed E-state index contributed by atoms with van der Waals surface area (Å²) < 4.78 is 35.0. The Kier molecular flexibility index (Phi) is 11.8. The van der Waals surface area contributed by atoms with Crippen LogP contribution in [-0.4, -0.2) is 51.4 Å². The van der Waals surface area contributed by atoms with E-state index in [-0.39, 0.29) is 23.8 Å². The molecule has 0 aliphatic heterocycles. The Bertz CT molecular complexity index is 1750. The van der Waals surface area contributed by atoms with Crippen molar-refractivity contribution in [3.05, 3.63) is 124 Å². The number of anilines is 1. The van der Waals surface area contributed by atoms with Crippen molar-refractivity contribution in [1.29, 1.82) is 0 Å². The lowest BCUT2D eigenvalue weighted by atomic mass is 10.0. The van der Waals surface area contributed by atoms with Crippen molar-refractivity contribution in [2.75, 3.05) is 24.5 Å². The fourth-order valence-corrected chi connectivity index (χ4v) is 6.84. The smallest absolute Gasteiger partial charge is 0.264 e. The Morgan fingerprint density at radius 3 is 2.24 bits per heavy atom. The summed E-state index contributed by atoms with van der Waals surface area (Å²) in [5.41, 5.74) is 3.38. The van der Waals surface area contributed by atoms with Crippen molar-refractivity contribution in [3.63, 3.8) is 0 Å². The number of nitrogens with one attached hydrogen (secondary N) is 1. The van der Waals surface area contributed by atoms with Crippen molar-refractivity contribution in [2.45, 2.75) is 51.1 Å². The second kappa shape index (κ2) is 15.8. The van der Waals surface area contributed by atoms with Gasteiger partial charge in [0.05, 0.1) is 17.7 Å². The monoisotopic (exact) mass is 661 g/mol. The second-order valence-electron chi connectivity index (χ2n) is 11.1. The number of rotatable bonds is 14. The quantitative estimate of drug-likeness (QED) is 0.171. The van der Waals surface area contributed by atoms with Crippen LogP contribution in [0.4, 0.5) is 5.69 Å². The first-order valence-electron chi connectivity index (χ1n) is 15.1. The molecule has 0 unspecified atom stereocenters. The number of carbonyl (C=O) groups excluding carboxylic acids is 2. The molecule has 0 radical (unpaired) electrons. The van der Waals surface area contributed by atoms with Gasteiger partial charge in [0.15, 0.2) is 0 Å². The number of ether oxygens (including phenoxy) is 1. The summed E-state index contributed by atoms with van der Waals surface area (Å²) in [5, 5.41) is 3.39. The van der Waals surface area contributed by atoms with Crippen LogP contribution in [0.2, 0.25) is 5.02 Å². The molecule has 0 aromatic heterocycles. The largest absolute Gasteiger partial charge is 0.497 e. The zero-order chi connectivity index (χ0) is 33.3. The maximum atomic E-state index is 14.6. The highest BCUT2D eigenvalue weighted by Gasteiger charge is 2.35. The van der Waals surface area contributed by atoms with Gasteiger partial charge in [-0.25, -0.2) is 8.42 Å². The van der Waals surface area contributed by atoms with Crippen LogP contribution in [0.1, 0.15) is 35.6 Å². The molecule has 8 nitrogen and oxygen atoms in total. The van der Waals surface area contributed by atoms with E-state index in [1.165, 1.54) is 17.0 Å². The Hall–Kier alpha value is -4.34. The van der Waals surface area contributed by atoms with E-state index in [4.69, 9.17) is 16.3 Å². The lowest BCUT2D eigenvalue weighted by molar-refractivity contribution is -0.140. The Morgan fingerprint density at radius 1 is 0.891 bits per heavy atom. The highest BCUT2D eigenvalue weighted by atomic mass is 35.5. The van der Waals surface area contributed by atoms with Gasteiger partial charge in [0.1, 0.15) is 18.3 Å². The summed E-state index contributed by atoms with van der Waals surface area (Å²) >= 11 is 6.24. The third-order valence-corrected chi connectivity index (χ3v) is 9.63. The summed E-state index contributed by atoms with van der Waals surface area (Å²) in [6.45, 7) is 5.50. The SMILES string of the molecule is CCCNC(=O)[C@H](Cc1ccccc1)N(Cc1cccc(OC)c1)C(=O)CN(c1ccc(Cl)cc1C)S(=O)(=O)c1ccc(C)cc1. The highest BCUT2D eigenvalue weighted by Crippen LogP contribution is 2.30. The Morgan fingerprint density at radius 2 is 1.59 bits per heavy atom. The molecule has 0 heterocycles. The van der Waals surface area contributed by atoms with Gasteiger partial charge in [-0.15, -0.1) is 0 Å². The van der Waals surface area contributed by atoms with Crippen molar-refractivity contribution in [1.82, 2.24) is 10.2 Å². The molecule has 4 rings (SSSR count). The Balaban J connectivity index is 1.83. The maximum Gasteiger partial charge on any atom is 0.264 e. The van der Waals surface area contributed by atoms with Gasteiger partial charge >= 0.3 is 0 Å². The average Bonchev–Trinajstić information content (AvgIpc) is 3.05. The van der Waals surface area contributed by atoms with Crippen molar-refractivity contribution < 1.29 is 22.7 Å². The van der Waals surface area contributed by atoms with Gasteiger partial charge in [-0.3, -0.25) is 13.9 Å². The molecule has 1 N–H and O–H groups in total. The molecular formula is C36H40ClN3O5S. The summed E-state index contributed by atoms with van der Waals surface area (Å²) in [6, 6.07) is 27.1. The summed E-state index contributed by atoms with van der Waals surface area (Å²) in [6.07, 6.45) is 0.947. The van der Waals surface area contributed by atoms with E-state index >= 15 is 0 Å². The molecule has 4 aromatic carbocycles. The van der Waals surface area contributed by atoms with Gasteiger partial charge in [0, 0.05) is 24.5 Å². The van der Waals surface area contributed by atoms with E-state index in [0.717, 1.165) is 21.0 Å². The predicted molar refractivity (Wildman–Crippen MR) is 183 cm³/mol. The van der Waals surface area contributed by atoms with Crippen LogP contribution in [-0.2, 0) is 32.6 Å². The van der Waals surface area contributed by atoms with E-state index in [2.05, 4.69) is 5.32 Å². The third-order valence-electron chi connectivity index (χ3n) is 7.62. The van der Waals surface area contributed by atoms with E-state index < -0.39 is 28.5 Å². The number of methoxy groups -OCH3 is 1. The van der Waals surface area contributed by atoms with Crippen LogP contribution in [0.25, 0.3) is 0 Å². The van der Waals surface area contributed by atoms with Crippen LogP contribution in [0, 0.1) is 13.8 Å². The molecular weight excluding hydrogens is 622 g/mol. The van der Waals surface area contributed by atoms with Crippen LogP contribution in [0.3, 0.4) is 0 Å². The minimum absolute atomic E-state index is 0.0427. The summed E-state index contributed by atoms with van der Waals surface area (Å²) in [5.74, 6) is -0.265. The highest BCUT2D eigenvalue weighted by molar-refractivity contribution is 7.92. The molecule has 0 aliphatic rings. The minimum atomic E-state index is -4.22. The topological polar surface area (TPSA) is 96.0 Å². The van der Waals surface area contributed by atoms with Gasteiger partial charge < -0.3 is 15.0 Å². The molecule has 10 heteroatoms. The Labute approximate surface area is 277 Å². The minimum Gasteiger partial charge on any atom is -0.497 e. The predicted octanol–water partition coefficient (Wildman–Crippen LogP) is 6.33. The first-order chi connectivity index (χ1) is 22.0. The molecule has 4 aromatic rings. The number of hydrogen-bond acceptors (Lipinski definition) is 5. The standard InChI is InChI=1S/C36H40ClN3O5S/c1-5-20-38-36(42)34(23-28-10-7-6-8-11-28)39(24-29-12-9-13-31(22-29)45-4)35(41)25-40(33-19-16-30(37)21-27(33)3)46(43,44)32-17-14-26(2)15-18-32/h6-19,21-22,34H,5,20,23-25H2,1-4H3,(H,38,42)/t34-/m0/s1. The van der Waals surface area contributed by atoms with Crippen LogP contribution in [0.15, 0.2) is 102 Å². The molecule has 46 heavy (non-hydrogen) atoms. The average molecular weight is 662 g/mol. The van der Waals surface area contributed by atoms with Crippen LogP contribution in [0.5, 0.6) is 5.75 Å². The molecule has 0 saturated heterocycles. The van der Waals surface area contributed by atoms with Crippen LogP contribution < -0.4 is 14.4 Å². The normalized spacial score (nSPS) is 11.8. The number of nitrogens with zero attached hydrogens (tertiary/aromatic N) is 2. The molecule has 0 fully saturated rings. The van der Waals surface area contributed by atoms with E-state index in [1.807, 2.05) is 56.3 Å². The number of carbonyl (C=O) groups is 2. The number of benzene rings is 4. The molecule has 1 atom stereocenters. The lowest BCUT2D eigenvalue weighted by Crippen LogP contribution is -2.53. The zero-order valence-electron chi connectivity index (χ0n) is 26.6. The summed E-state index contributed by atoms with van der Waals surface area (Å²) in [7, 11) is -2.66. The number of sulfonamides is 1. The second-order valence-corrected chi connectivity index (χ2v) is 13.4. The van der Waals surface area contributed by atoms with Gasteiger partial charge in [-0.1, -0.05) is 78.7 Å². The third kappa shape index (κ3) is 8.68. The van der Waals surface area contributed by atoms with E-state index in [0.29, 0.717) is 35.0 Å². The number of halogens is 1. The van der Waals surface area contributed by atoms with Gasteiger partial charge in [-0.2, -0.15) is 0 Å². The lowest BCUT2D eigenvalue weighted by Gasteiger charge is -2.34. The first-order valence-corrected chi connectivity index (χ1v) is 16.9. The first kappa shape index (κ1) is 34.5. The number of hydrogen-bond donors (Lipinski definition) is 1. The van der Waals surface area contributed by atoms with Crippen molar-refractivity contribution in [2.24, 2.45) is 0 Å². The number of amides is 2. The zero-order valence-corrected chi connectivity index (χ0v) is 28.1. The van der Waals surface area contributed by atoms with E-state index in [1.54, 1.807) is 56.5 Å². The maximum absolute atomic E-state index is 14.6. The molecule has 242 valence electrons.